The van der Waals surface area contributed by atoms with E-state index in [2.05, 4.69) is 4.98 Å². The monoisotopic (exact) mass is 177 g/mol. The van der Waals surface area contributed by atoms with Gasteiger partial charge in [-0.15, -0.1) is 0 Å². The van der Waals surface area contributed by atoms with E-state index in [1.165, 1.54) is 10.8 Å². The minimum absolute atomic E-state index is 0. The van der Waals surface area contributed by atoms with Crippen molar-refractivity contribution in [1.82, 2.24) is 9.55 Å². The molecular weight excluding hydrogens is 168 g/mol. The third kappa shape index (κ3) is 3.73. The van der Waals surface area contributed by atoms with Crippen molar-refractivity contribution >= 4 is 86.9 Å². The molecule has 1 aromatic heterocycles. The van der Waals surface area contributed by atoms with Gasteiger partial charge in [-0.1, -0.05) is 0 Å². The molecule has 0 saturated carbocycles. The second-order valence-corrected chi connectivity index (χ2v) is 1.57. The number of aromatic hydroxyl groups is 1. The second kappa shape index (κ2) is 6.02. The van der Waals surface area contributed by atoms with E-state index >= 15 is 0 Å². The molecule has 3 N–H and O–H groups in total. The van der Waals surface area contributed by atoms with E-state index in [4.69, 9.17) is 10.8 Å². The van der Waals surface area contributed by atoms with Gasteiger partial charge in [0.1, 0.15) is 0 Å². The van der Waals surface area contributed by atoms with Crippen molar-refractivity contribution in [2.45, 2.75) is 0 Å². The normalized spacial score (nSPS) is 7.70. The molecule has 1 aromatic rings. The molecule has 0 amide bonds. The maximum atomic E-state index is 8.62. The van der Waals surface area contributed by atoms with Crippen LogP contribution in [0.1, 0.15) is 0 Å². The number of aromatic nitrogens is 2. The zero-order valence-corrected chi connectivity index (χ0v) is 4.50. The Morgan fingerprint density at radius 1 is 1.70 bits per heavy atom. The van der Waals surface area contributed by atoms with E-state index in [1.54, 1.807) is 7.05 Å². The number of anilines is 1. The van der Waals surface area contributed by atoms with Crippen molar-refractivity contribution in [3.63, 3.8) is 0 Å². The predicted molar refractivity (Wildman–Crippen MR) is 43.6 cm³/mol. The van der Waals surface area contributed by atoms with Crippen molar-refractivity contribution in [3.8, 4) is 5.88 Å². The average molecular weight is 177 g/mol. The topological polar surface area (TPSA) is 64.1 Å². The maximum absolute atomic E-state index is 8.62. The molecule has 0 atom stereocenters. The second-order valence-electron chi connectivity index (χ2n) is 1.57. The van der Waals surface area contributed by atoms with E-state index in [1.807, 2.05) is 0 Å². The van der Waals surface area contributed by atoms with Gasteiger partial charge in [0, 0.05) is 7.05 Å². The molecule has 10 heavy (non-hydrogen) atoms. The Morgan fingerprint density at radius 2 is 2.20 bits per heavy atom. The fourth-order valence-electron chi connectivity index (χ4n) is 0.464. The molecule has 48 valence electrons. The summed E-state index contributed by atoms with van der Waals surface area (Å²) in [7, 11) is 1.71. The van der Waals surface area contributed by atoms with Gasteiger partial charge in [0.15, 0.2) is 0 Å². The van der Waals surface area contributed by atoms with Crippen molar-refractivity contribution in [2.75, 3.05) is 5.73 Å². The number of imidazole rings is 1. The minimum atomic E-state index is -0.0370. The van der Waals surface area contributed by atoms with Gasteiger partial charge >= 0.3 is 80.9 Å². The average Bonchev–Trinajstić information content (AvgIpc) is 1.85. The van der Waals surface area contributed by atoms with E-state index in [0.717, 1.165) is 0 Å². The summed E-state index contributed by atoms with van der Waals surface area (Å²) in [5, 5.41) is 8.62. The fourth-order valence-corrected chi connectivity index (χ4v) is 0.464. The predicted octanol–water partition coefficient (Wildman–Crippen LogP) is -1.59. The number of nitrogen functional groups attached to an aromatic ring is 1. The van der Waals surface area contributed by atoms with Gasteiger partial charge in [0.2, 0.25) is 11.8 Å². The third-order valence-electron chi connectivity index (χ3n) is 0.900. The third-order valence-corrected chi connectivity index (χ3v) is 0.900. The number of nitrogens with zero attached hydrogens (tertiary/aromatic N) is 2. The van der Waals surface area contributed by atoms with Gasteiger partial charge in [-0.25, -0.2) is 0 Å². The van der Waals surface area contributed by atoms with Gasteiger partial charge < -0.3 is 15.4 Å². The number of aryl methyl sites for hydroxylation is 1. The number of hydrogen-bond acceptors (Lipinski definition) is 3. The van der Waals surface area contributed by atoms with Crippen molar-refractivity contribution in [2.24, 2.45) is 7.05 Å². The summed E-state index contributed by atoms with van der Waals surface area (Å²) in [6.07, 6.45) is 1.44. The number of nitrogens with two attached hydrogens (primary N) is 1. The van der Waals surface area contributed by atoms with Crippen LogP contribution in [0.4, 0.5) is 5.95 Å². The standard InChI is InChI=1S/C4H7N3O.K.Na.2H/c1-7-2-3(8)6-4(7)5;;;;/h2,8H,1H3,(H2,5,6);;;;. The Kier molecular flexibility index (Phi) is 8.42. The van der Waals surface area contributed by atoms with Gasteiger partial charge in [-0.05, 0) is 0 Å². The number of rotatable bonds is 0. The molecule has 1 heterocycles. The van der Waals surface area contributed by atoms with Crippen LogP contribution in [0.25, 0.3) is 0 Å². The first-order valence-electron chi connectivity index (χ1n) is 2.18. The van der Waals surface area contributed by atoms with E-state index < -0.39 is 0 Å². The summed E-state index contributed by atoms with van der Waals surface area (Å²) in [4.78, 5) is 3.51. The van der Waals surface area contributed by atoms with Gasteiger partial charge in [0.05, 0.1) is 6.20 Å². The molecule has 0 fully saturated rings. The molecule has 1 rings (SSSR count). The van der Waals surface area contributed by atoms with Gasteiger partial charge in [-0.3, -0.25) is 0 Å². The Morgan fingerprint density at radius 3 is 2.30 bits per heavy atom. The molecule has 0 saturated heterocycles. The van der Waals surface area contributed by atoms with Crippen LogP contribution >= 0.6 is 0 Å². The summed E-state index contributed by atoms with van der Waals surface area (Å²) >= 11 is 0. The molecule has 0 aliphatic heterocycles. The number of hydrogen-bond donors (Lipinski definition) is 2. The molecule has 6 heteroatoms. The van der Waals surface area contributed by atoms with Crippen molar-refractivity contribution < 1.29 is 5.11 Å². The Bertz CT molecular complexity index is 183. The Hall–Kier alpha value is 1.45. The molecule has 0 radical (unpaired) electrons. The van der Waals surface area contributed by atoms with Crippen LogP contribution in [0.2, 0.25) is 0 Å². The summed E-state index contributed by atoms with van der Waals surface area (Å²) < 4.78 is 1.54. The van der Waals surface area contributed by atoms with E-state index in [-0.39, 0.29) is 86.8 Å². The molecular formula is C4H9KN3NaO. The van der Waals surface area contributed by atoms with Crippen molar-refractivity contribution in [1.29, 1.82) is 0 Å². The quantitative estimate of drug-likeness (QED) is 0.470. The summed E-state index contributed by atoms with van der Waals surface area (Å²) in [5.74, 6) is 0.285. The molecule has 0 aliphatic carbocycles. The molecule has 0 aromatic carbocycles. The van der Waals surface area contributed by atoms with Crippen LogP contribution in [0.5, 0.6) is 5.88 Å². The summed E-state index contributed by atoms with van der Waals surface area (Å²) in [5.41, 5.74) is 5.23. The van der Waals surface area contributed by atoms with Gasteiger partial charge in [0.25, 0.3) is 0 Å². The fraction of sp³-hybridized carbons (Fsp3) is 0.250. The van der Waals surface area contributed by atoms with Crippen LogP contribution in [-0.2, 0) is 7.05 Å². The molecule has 4 nitrogen and oxygen atoms in total. The van der Waals surface area contributed by atoms with E-state index in [9.17, 15) is 0 Å². The van der Waals surface area contributed by atoms with E-state index in [0.29, 0.717) is 5.95 Å². The Balaban J connectivity index is 0. The van der Waals surface area contributed by atoms with Crippen molar-refractivity contribution in [3.05, 3.63) is 6.20 Å². The first-order chi connectivity index (χ1) is 3.70. The van der Waals surface area contributed by atoms with Crippen LogP contribution in [0, 0.1) is 0 Å². The Labute approximate surface area is 124 Å². The van der Waals surface area contributed by atoms with Crippen LogP contribution in [0.3, 0.4) is 0 Å². The first kappa shape index (κ1) is 14.0. The summed E-state index contributed by atoms with van der Waals surface area (Å²) in [6.45, 7) is 0. The summed E-state index contributed by atoms with van der Waals surface area (Å²) in [6, 6.07) is 0. The van der Waals surface area contributed by atoms with Crippen LogP contribution in [0.15, 0.2) is 6.20 Å². The molecule has 0 unspecified atom stereocenters. The first-order valence-corrected chi connectivity index (χ1v) is 2.18. The molecule has 0 bridgehead atoms. The molecule has 0 aliphatic rings. The zero-order valence-electron chi connectivity index (χ0n) is 4.50. The zero-order chi connectivity index (χ0) is 6.15. The molecule has 0 spiro atoms. The van der Waals surface area contributed by atoms with Crippen LogP contribution < -0.4 is 5.73 Å². The van der Waals surface area contributed by atoms with Gasteiger partial charge in [-0.2, -0.15) is 4.98 Å². The van der Waals surface area contributed by atoms with Crippen LogP contribution in [-0.4, -0.2) is 95.6 Å². The SMILES string of the molecule is Cn1cc(O)nc1N.[KH].[NaH].